The molecule has 1 aromatic heterocycles. The van der Waals surface area contributed by atoms with E-state index in [2.05, 4.69) is 4.98 Å². The zero-order valence-electron chi connectivity index (χ0n) is 8.33. The summed E-state index contributed by atoms with van der Waals surface area (Å²) in [4.78, 5) is 17.4. The SMILES string of the molecule is Cc1cc(C(=O)N(C)CCCl)ccn1. The summed E-state index contributed by atoms with van der Waals surface area (Å²) in [6.45, 7) is 2.42. The van der Waals surface area contributed by atoms with Gasteiger partial charge in [0.1, 0.15) is 0 Å². The molecule has 0 aliphatic rings. The highest BCUT2D eigenvalue weighted by atomic mass is 35.5. The van der Waals surface area contributed by atoms with Crippen LogP contribution >= 0.6 is 11.6 Å². The number of pyridine rings is 1. The number of carbonyl (C=O) groups excluding carboxylic acids is 1. The van der Waals surface area contributed by atoms with E-state index in [9.17, 15) is 4.79 Å². The van der Waals surface area contributed by atoms with Crippen LogP contribution in [0.4, 0.5) is 0 Å². The zero-order valence-corrected chi connectivity index (χ0v) is 9.08. The number of alkyl halides is 1. The molecule has 1 amide bonds. The molecule has 0 saturated carbocycles. The highest BCUT2D eigenvalue weighted by molar-refractivity contribution is 6.18. The van der Waals surface area contributed by atoms with Crippen LogP contribution in [0.2, 0.25) is 0 Å². The second-order valence-electron chi connectivity index (χ2n) is 3.10. The van der Waals surface area contributed by atoms with Crippen LogP contribution in [0.25, 0.3) is 0 Å². The normalized spacial score (nSPS) is 9.93. The maximum absolute atomic E-state index is 11.7. The molecule has 0 N–H and O–H groups in total. The Morgan fingerprint density at radius 2 is 2.36 bits per heavy atom. The molecule has 1 rings (SSSR count). The van der Waals surface area contributed by atoms with Crippen LogP contribution in [0.1, 0.15) is 16.1 Å². The zero-order chi connectivity index (χ0) is 10.6. The minimum atomic E-state index is -0.0175. The van der Waals surface area contributed by atoms with E-state index in [1.165, 1.54) is 0 Å². The van der Waals surface area contributed by atoms with Crippen LogP contribution in [-0.4, -0.2) is 35.3 Å². The van der Waals surface area contributed by atoms with Gasteiger partial charge in [-0.25, -0.2) is 0 Å². The van der Waals surface area contributed by atoms with Crippen molar-refractivity contribution >= 4 is 17.5 Å². The molecule has 0 aliphatic heterocycles. The topological polar surface area (TPSA) is 33.2 Å². The second-order valence-corrected chi connectivity index (χ2v) is 3.48. The lowest BCUT2D eigenvalue weighted by atomic mass is 10.2. The fourth-order valence-electron chi connectivity index (χ4n) is 1.13. The molecule has 14 heavy (non-hydrogen) atoms. The number of aromatic nitrogens is 1. The van der Waals surface area contributed by atoms with Crippen LogP contribution < -0.4 is 0 Å². The monoisotopic (exact) mass is 212 g/mol. The highest BCUT2D eigenvalue weighted by Crippen LogP contribution is 2.04. The number of carbonyl (C=O) groups is 1. The van der Waals surface area contributed by atoms with Crippen molar-refractivity contribution in [3.05, 3.63) is 29.6 Å². The van der Waals surface area contributed by atoms with E-state index >= 15 is 0 Å². The Kier molecular flexibility index (Phi) is 3.89. The number of halogens is 1. The van der Waals surface area contributed by atoms with Crippen LogP contribution in [0.3, 0.4) is 0 Å². The van der Waals surface area contributed by atoms with E-state index in [0.29, 0.717) is 18.0 Å². The largest absolute Gasteiger partial charge is 0.341 e. The highest BCUT2D eigenvalue weighted by Gasteiger charge is 2.10. The van der Waals surface area contributed by atoms with Crippen molar-refractivity contribution in [3.8, 4) is 0 Å². The molecule has 76 valence electrons. The fourth-order valence-corrected chi connectivity index (χ4v) is 1.38. The van der Waals surface area contributed by atoms with Gasteiger partial charge in [-0.05, 0) is 19.1 Å². The number of aryl methyl sites for hydroxylation is 1. The van der Waals surface area contributed by atoms with E-state index in [4.69, 9.17) is 11.6 Å². The Bertz CT molecular complexity index is 328. The summed E-state index contributed by atoms with van der Waals surface area (Å²) in [5.74, 6) is 0.433. The standard InChI is InChI=1S/C10H13ClN2O/c1-8-7-9(3-5-12-8)10(14)13(2)6-4-11/h3,5,7H,4,6H2,1-2H3. The average molecular weight is 213 g/mol. The van der Waals surface area contributed by atoms with E-state index in [1.807, 2.05) is 6.92 Å². The van der Waals surface area contributed by atoms with Gasteiger partial charge in [0.05, 0.1) is 0 Å². The van der Waals surface area contributed by atoms with Gasteiger partial charge < -0.3 is 4.90 Å². The molecule has 4 heteroatoms. The molecule has 0 fully saturated rings. The van der Waals surface area contributed by atoms with Gasteiger partial charge in [0.2, 0.25) is 0 Å². The molecular weight excluding hydrogens is 200 g/mol. The summed E-state index contributed by atoms with van der Waals surface area (Å²) in [6.07, 6.45) is 1.64. The summed E-state index contributed by atoms with van der Waals surface area (Å²) in [7, 11) is 1.74. The Morgan fingerprint density at radius 3 is 2.93 bits per heavy atom. The van der Waals surface area contributed by atoms with Gasteiger partial charge in [0.15, 0.2) is 0 Å². The molecule has 0 spiro atoms. The Labute approximate surface area is 88.7 Å². The van der Waals surface area contributed by atoms with Gasteiger partial charge in [0, 0.05) is 36.9 Å². The molecule has 0 aliphatic carbocycles. The third-order valence-electron chi connectivity index (χ3n) is 1.91. The van der Waals surface area contributed by atoms with Crippen molar-refractivity contribution < 1.29 is 4.79 Å². The van der Waals surface area contributed by atoms with Crippen molar-refractivity contribution in [2.75, 3.05) is 19.5 Å². The summed E-state index contributed by atoms with van der Waals surface area (Å²) in [6, 6.07) is 3.48. The van der Waals surface area contributed by atoms with Gasteiger partial charge in [-0.2, -0.15) is 0 Å². The molecule has 0 unspecified atom stereocenters. The lowest BCUT2D eigenvalue weighted by Crippen LogP contribution is -2.28. The number of rotatable bonds is 3. The van der Waals surface area contributed by atoms with Crippen LogP contribution in [-0.2, 0) is 0 Å². The molecular formula is C10H13ClN2O. The quantitative estimate of drug-likeness (QED) is 0.715. The first-order valence-electron chi connectivity index (χ1n) is 4.39. The minimum absolute atomic E-state index is 0.0175. The maximum atomic E-state index is 11.7. The fraction of sp³-hybridized carbons (Fsp3) is 0.400. The Morgan fingerprint density at radius 1 is 1.64 bits per heavy atom. The van der Waals surface area contributed by atoms with E-state index in [1.54, 1.807) is 30.3 Å². The summed E-state index contributed by atoms with van der Waals surface area (Å²) in [5, 5.41) is 0. The van der Waals surface area contributed by atoms with Gasteiger partial charge in [-0.1, -0.05) is 0 Å². The maximum Gasteiger partial charge on any atom is 0.253 e. The molecule has 3 nitrogen and oxygen atoms in total. The Balaban J connectivity index is 2.78. The van der Waals surface area contributed by atoms with Gasteiger partial charge in [-0.15, -0.1) is 11.6 Å². The van der Waals surface area contributed by atoms with Crippen molar-refractivity contribution in [1.82, 2.24) is 9.88 Å². The smallest absolute Gasteiger partial charge is 0.253 e. The first-order chi connectivity index (χ1) is 6.65. The first kappa shape index (κ1) is 11.0. The lowest BCUT2D eigenvalue weighted by Gasteiger charge is -2.15. The summed E-state index contributed by atoms with van der Waals surface area (Å²) in [5.41, 5.74) is 1.50. The number of hydrogen-bond donors (Lipinski definition) is 0. The molecule has 0 bridgehead atoms. The molecule has 0 aromatic carbocycles. The molecule has 0 saturated heterocycles. The Hall–Kier alpha value is -1.09. The van der Waals surface area contributed by atoms with Gasteiger partial charge >= 0.3 is 0 Å². The predicted octanol–water partition coefficient (Wildman–Crippen LogP) is 1.70. The average Bonchev–Trinajstić information content (AvgIpc) is 2.17. The number of nitrogens with zero attached hydrogens (tertiary/aromatic N) is 2. The first-order valence-corrected chi connectivity index (χ1v) is 4.92. The number of amides is 1. The van der Waals surface area contributed by atoms with E-state index < -0.39 is 0 Å². The molecule has 1 aromatic rings. The van der Waals surface area contributed by atoms with Crippen LogP contribution in [0, 0.1) is 6.92 Å². The van der Waals surface area contributed by atoms with Gasteiger partial charge in [0.25, 0.3) is 5.91 Å². The van der Waals surface area contributed by atoms with Crippen LogP contribution in [0.15, 0.2) is 18.3 Å². The van der Waals surface area contributed by atoms with Gasteiger partial charge in [-0.3, -0.25) is 9.78 Å². The van der Waals surface area contributed by atoms with Crippen molar-refractivity contribution in [3.63, 3.8) is 0 Å². The third-order valence-corrected chi connectivity index (χ3v) is 2.08. The van der Waals surface area contributed by atoms with E-state index in [-0.39, 0.29) is 5.91 Å². The van der Waals surface area contributed by atoms with Crippen LogP contribution in [0.5, 0.6) is 0 Å². The molecule has 0 radical (unpaired) electrons. The number of hydrogen-bond acceptors (Lipinski definition) is 2. The lowest BCUT2D eigenvalue weighted by molar-refractivity contribution is 0.0803. The van der Waals surface area contributed by atoms with Crippen molar-refractivity contribution in [1.29, 1.82) is 0 Å². The summed E-state index contributed by atoms with van der Waals surface area (Å²) >= 11 is 5.55. The minimum Gasteiger partial charge on any atom is -0.341 e. The van der Waals surface area contributed by atoms with Crippen molar-refractivity contribution in [2.45, 2.75) is 6.92 Å². The second kappa shape index (κ2) is 4.96. The molecule has 0 atom stereocenters. The molecule has 1 heterocycles. The van der Waals surface area contributed by atoms with Crippen molar-refractivity contribution in [2.24, 2.45) is 0 Å². The summed E-state index contributed by atoms with van der Waals surface area (Å²) < 4.78 is 0. The predicted molar refractivity (Wildman–Crippen MR) is 56.7 cm³/mol. The third kappa shape index (κ3) is 2.70. The van der Waals surface area contributed by atoms with E-state index in [0.717, 1.165) is 5.69 Å².